The Bertz CT molecular complexity index is 2330. The van der Waals surface area contributed by atoms with Crippen molar-refractivity contribution in [2.24, 2.45) is 0 Å². The molecule has 0 amide bonds. The summed E-state index contributed by atoms with van der Waals surface area (Å²) in [5, 5.41) is -0.254. The number of halogens is 6. The maximum Gasteiger partial charge on any atom is 0.380 e. The van der Waals surface area contributed by atoms with Gasteiger partial charge >= 0.3 is 17.8 Å². The highest BCUT2D eigenvalue weighted by atomic mass is 19.3. The zero-order chi connectivity index (χ0) is 32.6. The molecule has 7 aromatic carbocycles. The fourth-order valence-electron chi connectivity index (χ4n) is 6.87. The van der Waals surface area contributed by atoms with E-state index in [1.807, 2.05) is 91.0 Å². The fourth-order valence-corrected chi connectivity index (χ4v) is 6.87. The second kappa shape index (κ2) is 10.3. The Balaban J connectivity index is 1.44. The predicted molar refractivity (Wildman–Crippen MR) is 176 cm³/mol. The number of hydrogen-bond donors (Lipinski definition) is 0. The quantitative estimate of drug-likeness (QED) is 0.134. The van der Waals surface area contributed by atoms with Crippen LogP contribution in [0, 0.1) is 0 Å². The second-order valence-corrected chi connectivity index (χ2v) is 11.9. The van der Waals surface area contributed by atoms with E-state index < -0.39 is 28.9 Å². The van der Waals surface area contributed by atoms with E-state index in [0.717, 1.165) is 27.8 Å². The van der Waals surface area contributed by atoms with E-state index in [0.29, 0.717) is 11.1 Å². The van der Waals surface area contributed by atoms with Gasteiger partial charge in [0.25, 0.3) is 0 Å². The van der Waals surface area contributed by atoms with E-state index in [1.165, 1.54) is 24.3 Å². The molecule has 0 saturated heterocycles. The molecule has 0 spiro atoms. The summed E-state index contributed by atoms with van der Waals surface area (Å²) >= 11 is 0. The molecule has 230 valence electrons. The normalized spacial score (nSPS) is 16.0. The lowest BCUT2D eigenvalue weighted by molar-refractivity contribution is -0.301. The number of rotatable bonds is 4. The first kappa shape index (κ1) is 29.1. The van der Waals surface area contributed by atoms with Crippen LogP contribution in [0.2, 0.25) is 0 Å². The molecule has 0 aliphatic heterocycles. The standard InChI is InChI=1S/C41H24F6/c42-39(43)37-34-21-20-30(29-16-7-14-27(22-29)25-10-3-1-4-11-25)24-35(34)33-19-9-18-32(36(33)38(37)40(44,45)41(39,46)47)31-17-8-15-28(23-31)26-12-5-2-6-13-26/h1-24H. The monoisotopic (exact) mass is 630 g/mol. The molecule has 8 rings (SSSR count). The van der Waals surface area contributed by atoms with Crippen LogP contribution in [0.3, 0.4) is 0 Å². The summed E-state index contributed by atoms with van der Waals surface area (Å²) in [5.74, 6) is -15.9. The maximum atomic E-state index is 15.8. The van der Waals surface area contributed by atoms with E-state index in [1.54, 1.807) is 30.3 Å². The van der Waals surface area contributed by atoms with Crippen LogP contribution in [-0.2, 0) is 11.8 Å². The Morgan fingerprint density at radius 1 is 0.319 bits per heavy atom. The lowest BCUT2D eigenvalue weighted by Gasteiger charge is -2.24. The van der Waals surface area contributed by atoms with Crippen LogP contribution in [0.1, 0.15) is 11.1 Å². The highest BCUT2D eigenvalue weighted by Crippen LogP contribution is 2.66. The average Bonchev–Trinajstić information content (AvgIpc) is 3.22. The van der Waals surface area contributed by atoms with Crippen LogP contribution in [0.15, 0.2) is 146 Å². The van der Waals surface area contributed by atoms with E-state index >= 15 is 26.3 Å². The molecular weight excluding hydrogens is 606 g/mol. The number of fused-ring (bicyclic) bond motifs is 6. The van der Waals surface area contributed by atoms with Crippen molar-refractivity contribution in [1.29, 1.82) is 0 Å². The molecule has 6 heteroatoms. The minimum absolute atomic E-state index is 0.170. The molecule has 0 atom stereocenters. The van der Waals surface area contributed by atoms with Crippen molar-refractivity contribution in [1.82, 2.24) is 0 Å². The molecule has 0 unspecified atom stereocenters. The molecule has 1 aliphatic carbocycles. The van der Waals surface area contributed by atoms with Gasteiger partial charge in [-0.1, -0.05) is 127 Å². The molecule has 0 nitrogen and oxygen atoms in total. The van der Waals surface area contributed by atoms with Crippen LogP contribution < -0.4 is 0 Å². The van der Waals surface area contributed by atoms with Crippen LogP contribution >= 0.6 is 0 Å². The summed E-state index contributed by atoms with van der Waals surface area (Å²) in [6.45, 7) is 0. The van der Waals surface area contributed by atoms with Gasteiger partial charge in [0.1, 0.15) is 0 Å². The fraction of sp³-hybridized carbons (Fsp3) is 0.0732. The van der Waals surface area contributed by atoms with Gasteiger partial charge in [-0.2, -0.15) is 26.3 Å². The van der Waals surface area contributed by atoms with Gasteiger partial charge in [-0.05, 0) is 78.9 Å². The van der Waals surface area contributed by atoms with Gasteiger partial charge in [0.15, 0.2) is 0 Å². The topological polar surface area (TPSA) is 0 Å². The summed E-state index contributed by atoms with van der Waals surface area (Å²) in [4.78, 5) is 0. The van der Waals surface area contributed by atoms with E-state index in [9.17, 15) is 0 Å². The lowest BCUT2D eigenvalue weighted by atomic mass is 9.85. The van der Waals surface area contributed by atoms with E-state index in [2.05, 4.69) is 0 Å². The molecular formula is C41H24F6. The first-order valence-corrected chi connectivity index (χ1v) is 15.1. The molecule has 0 radical (unpaired) electrons. The summed E-state index contributed by atoms with van der Waals surface area (Å²) in [7, 11) is 0. The van der Waals surface area contributed by atoms with Gasteiger partial charge in [0.2, 0.25) is 0 Å². The van der Waals surface area contributed by atoms with Gasteiger partial charge in [-0.25, -0.2) is 0 Å². The van der Waals surface area contributed by atoms with Crippen LogP contribution in [0.25, 0.3) is 66.1 Å². The summed E-state index contributed by atoms with van der Waals surface area (Å²) in [6.07, 6.45) is 0. The van der Waals surface area contributed by atoms with Crippen molar-refractivity contribution in [2.75, 3.05) is 0 Å². The van der Waals surface area contributed by atoms with Gasteiger partial charge in [0.05, 0.1) is 0 Å². The third-order valence-corrected chi connectivity index (χ3v) is 9.14. The highest BCUT2D eigenvalue weighted by molar-refractivity contribution is 6.17. The Kier molecular flexibility index (Phi) is 6.39. The zero-order valence-electron chi connectivity index (χ0n) is 24.6. The van der Waals surface area contributed by atoms with Crippen molar-refractivity contribution in [3.05, 3.63) is 157 Å². The number of benzene rings is 7. The molecule has 0 saturated carbocycles. The third-order valence-electron chi connectivity index (χ3n) is 9.14. The van der Waals surface area contributed by atoms with Crippen LogP contribution in [0.5, 0.6) is 0 Å². The number of hydrogen-bond acceptors (Lipinski definition) is 0. The third kappa shape index (κ3) is 4.24. The SMILES string of the molecule is FC1(F)c2c(c3c(-c4cccc(-c5ccccc5)c4)cccc3c3cc(-c4cccc(-c5ccccc5)c4)ccc23)C(F)(F)C1(F)F. The van der Waals surface area contributed by atoms with Crippen molar-refractivity contribution in [3.8, 4) is 44.5 Å². The molecule has 0 heterocycles. The minimum atomic E-state index is -5.63. The Labute approximate surface area is 266 Å². The van der Waals surface area contributed by atoms with Gasteiger partial charge in [0, 0.05) is 16.5 Å². The smallest absolute Gasteiger partial charge is 0.194 e. The van der Waals surface area contributed by atoms with E-state index in [-0.39, 0.29) is 27.1 Å². The van der Waals surface area contributed by atoms with E-state index in [4.69, 9.17) is 0 Å². The van der Waals surface area contributed by atoms with Gasteiger partial charge in [-0.15, -0.1) is 0 Å². The highest BCUT2D eigenvalue weighted by Gasteiger charge is 2.80. The first-order valence-electron chi connectivity index (χ1n) is 15.1. The zero-order valence-corrected chi connectivity index (χ0v) is 24.6. The van der Waals surface area contributed by atoms with Crippen LogP contribution in [-0.4, -0.2) is 5.92 Å². The summed E-state index contributed by atoms with van der Waals surface area (Å²) in [5.41, 5.74) is 2.88. The largest absolute Gasteiger partial charge is 0.380 e. The average molecular weight is 631 g/mol. The molecule has 7 aromatic rings. The molecule has 0 fully saturated rings. The van der Waals surface area contributed by atoms with Crippen molar-refractivity contribution >= 4 is 21.5 Å². The Morgan fingerprint density at radius 3 is 1.40 bits per heavy atom. The maximum absolute atomic E-state index is 15.8. The molecule has 0 aromatic heterocycles. The Hall–Kier alpha value is -5.36. The summed E-state index contributed by atoms with van der Waals surface area (Å²) < 4.78 is 93.5. The second-order valence-electron chi connectivity index (χ2n) is 11.9. The predicted octanol–water partition coefficient (Wildman–Crippen LogP) is 12.5. The first-order chi connectivity index (χ1) is 22.6. The molecule has 0 bridgehead atoms. The van der Waals surface area contributed by atoms with Gasteiger partial charge in [-0.3, -0.25) is 0 Å². The van der Waals surface area contributed by atoms with Crippen molar-refractivity contribution in [3.63, 3.8) is 0 Å². The number of alkyl halides is 6. The van der Waals surface area contributed by atoms with Gasteiger partial charge < -0.3 is 0 Å². The Morgan fingerprint density at radius 2 is 0.787 bits per heavy atom. The molecule has 47 heavy (non-hydrogen) atoms. The van der Waals surface area contributed by atoms with Crippen molar-refractivity contribution < 1.29 is 26.3 Å². The molecule has 1 aliphatic rings. The minimum Gasteiger partial charge on any atom is -0.194 e. The van der Waals surface area contributed by atoms with Crippen molar-refractivity contribution in [2.45, 2.75) is 17.8 Å². The summed E-state index contributed by atoms with van der Waals surface area (Å²) in [6, 6.07) is 42.8. The lowest BCUT2D eigenvalue weighted by Crippen LogP contribution is -2.43. The molecule has 0 N–H and O–H groups in total. The van der Waals surface area contributed by atoms with Crippen LogP contribution in [0.4, 0.5) is 26.3 Å².